The second-order valence-electron chi connectivity index (χ2n) is 6.41. The lowest BCUT2D eigenvalue weighted by Crippen LogP contribution is -2.50. The molecule has 1 saturated heterocycles. The van der Waals surface area contributed by atoms with Gasteiger partial charge in [0.1, 0.15) is 17.6 Å². The molecule has 134 valence electrons. The van der Waals surface area contributed by atoms with E-state index in [4.69, 9.17) is 4.74 Å². The van der Waals surface area contributed by atoms with E-state index in [1.54, 1.807) is 23.2 Å². The summed E-state index contributed by atoms with van der Waals surface area (Å²) in [5, 5.41) is 9.21. The molecule has 6 heteroatoms. The van der Waals surface area contributed by atoms with Gasteiger partial charge in [0.05, 0.1) is 5.56 Å². The molecule has 1 amide bonds. The Hall–Kier alpha value is -3.07. The van der Waals surface area contributed by atoms with Crippen LogP contribution in [0.2, 0.25) is 0 Å². The molecule has 0 aliphatic carbocycles. The summed E-state index contributed by atoms with van der Waals surface area (Å²) >= 11 is 0. The van der Waals surface area contributed by atoms with Gasteiger partial charge in [0.25, 0.3) is 5.91 Å². The Labute approximate surface area is 153 Å². The molecular weight excluding hydrogens is 328 g/mol. The van der Waals surface area contributed by atoms with E-state index in [0.29, 0.717) is 37.6 Å². The third kappa shape index (κ3) is 3.94. The molecule has 0 radical (unpaired) electrons. The first-order chi connectivity index (χ1) is 12.6. The fourth-order valence-electron chi connectivity index (χ4n) is 3.00. The quantitative estimate of drug-likeness (QED) is 0.846. The maximum atomic E-state index is 12.4. The monoisotopic (exact) mass is 350 g/mol. The first-order valence-corrected chi connectivity index (χ1v) is 8.66. The Morgan fingerprint density at radius 3 is 2.73 bits per heavy atom. The molecule has 1 aliphatic rings. The standard InChI is InChI=1S/C20H22N4O2/c1-15-5-6-16(2)18(12-15)26-14-19(25)23-8-10-24(11-9-23)20-17(13-21)4-3-7-22-20/h3-7,12H,8-11,14H2,1-2H3. The molecule has 1 aromatic heterocycles. The van der Waals surface area contributed by atoms with Crippen LogP contribution in [0.15, 0.2) is 36.5 Å². The van der Waals surface area contributed by atoms with E-state index in [2.05, 4.69) is 11.1 Å². The van der Waals surface area contributed by atoms with Crippen LogP contribution in [0.4, 0.5) is 5.82 Å². The van der Waals surface area contributed by atoms with E-state index in [-0.39, 0.29) is 12.5 Å². The Morgan fingerprint density at radius 2 is 2.00 bits per heavy atom. The van der Waals surface area contributed by atoms with Crippen molar-refractivity contribution in [3.63, 3.8) is 0 Å². The second kappa shape index (κ2) is 7.87. The number of aromatic nitrogens is 1. The molecule has 0 N–H and O–H groups in total. The fourth-order valence-corrected chi connectivity index (χ4v) is 3.00. The molecule has 3 rings (SSSR count). The number of ether oxygens (including phenoxy) is 1. The number of aryl methyl sites for hydroxylation is 2. The van der Waals surface area contributed by atoms with Gasteiger partial charge >= 0.3 is 0 Å². The molecule has 2 heterocycles. The van der Waals surface area contributed by atoms with Crippen LogP contribution in [0.1, 0.15) is 16.7 Å². The highest BCUT2D eigenvalue weighted by atomic mass is 16.5. The van der Waals surface area contributed by atoms with E-state index in [9.17, 15) is 10.1 Å². The van der Waals surface area contributed by atoms with Crippen molar-refractivity contribution in [3.05, 3.63) is 53.2 Å². The predicted molar refractivity (Wildman–Crippen MR) is 99.2 cm³/mol. The molecule has 26 heavy (non-hydrogen) atoms. The lowest BCUT2D eigenvalue weighted by Gasteiger charge is -2.35. The van der Waals surface area contributed by atoms with Crippen LogP contribution >= 0.6 is 0 Å². The Morgan fingerprint density at radius 1 is 1.23 bits per heavy atom. The number of carbonyl (C=O) groups excluding carboxylic acids is 1. The molecule has 0 bridgehead atoms. The highest BCUT2D eigenvalue weighted by Crippen LogP contribution is 2.20. The molecule has 0 atom stereocenters. The molecule has 2 aromatic rings. The molecule has 1 aromatic carbocycles. The number of hydrogen-bond donors (Lipinski definition) is 0. The number of amides is 1. The zero-order valence-electron chi connectivity index (χ0n) is 15.1. The van der Waals surface area contributed by atoms with Gasteiger partial charge in [-0.3, -0.25) is 4.79 Å². The van der Waals surface area contributed by atoms with Gasteiger partial charge in [-0.05, 0) is 43.2 Å². The van der Waals surface area contributed by atoms with Gasteiger partial charge in [0, 0.05) is 32.4 Å². The van der Waals surface area contributed by atoms with E-state index in [1.165, 1.54) is 0 Å². The van der Waals surface area contributed by atoms with Gasteiger partial charge in [0.2, 0.25) is 0 Å². The molecule has 0 unspecified atom stereocenters. The fraction of sp³-hybridized carbons (Fsp3) is 0.350. The maximum Gasteiger partial charge on any atom is 0.260 e. The topological polar surface area (TPSA) is 69.5 Å². The number of piperazine rings is 1. The minimum absolute atomic E-state index is 0.0212. The first kappa shape index (κ1) is 17.7. The number of nitrogens with zero attached hydrogens (tertiary/aromatic N) is 4. The van der Waals surface area contributed by atoms with Crippen molar-refractivity contribution in [1.82, 2.24) is 9.88 Å². The van der Waals surface area contributed by atoms with Crippen LogP contribution in [-0.4, -0.2) is 48.6 Å². The van der Waals surface area contributed by atoms with Gasteiger partial charge in [-0.2, -0.15) is 5.26 Å². The van der Waals surface area contributed by atoms with E-state index < -0.39 is 0 Å². The third-order valence-corrected chi connectivity index (χ3v) is 4.53. The van der Waals surface area contributed by atoms with Crippen LogP contribution in [0.25, 0.3) is 0 Å². The summed E-state index contributed by atoms with van der Waals surface area (Å²) in [5.74, 6) is 1.42. The van der Waals surface area contributed by atoms with E-state index >= 15 is 0 Å². The molecule has 0 saturated carbocycles. The van der Waals surface area contributed by atoms with Crippen molar-refractivity contribution in [2.45, 2.75) is 13.8 Å². The predicted octanol–water partition coefficient (Wildman–Crippen LogP) is 2.30. The van der Waals surface area contributed by atoms with Crippen molar-refractivity contribution < 1.29 is 9.53 Å². The normalized spacial score (nSPS) is 14.0. The number of nitriles is 1. The number of carbonyl (C=O) groups is 1. The molecule has 1 fully saturated rings. The molecular formula is C20H22N4O2. The Kier molecular flexibility index (Phi) is 5.37. The largest absolute Gasteiger partial charge is 0.483 e. The summed E-state index contributed by atoms with van der Waals surface area (Å²) in [4.78, 5) is 20.6. The summed E-state index contributed by atoms with van der Waals surface area (Å²) < 4.78 is 5.72. The minimum atomic E-state index is -0.0212. The summed E-state index contributed by atoms with van der Waals surface area (Å²) in [6.07, 6.45) is 1.69. The second-order valence-corrected chi connectivity index (χ2v) is 6.41. The van der Waals surface area contributed by atoms with E-state index in [1.807, 2.05) is 36.9 Å². The third-order valence-electron chi connectivity index (χ3n) is 4.53. The van der Waals surface area contributed by atoms with Gasteiger partial charge in [-0.25, -0.2) is 4.98 Å². The Bertz CT molecular complexity index is 836. The van der Waals surface area contributed by atoms with Gasteiger partial charge in [-0.1, -0.05) is 12.1 Å². The molecule has 0 spiro atoms. The smallest absolute Gasteiger partial charge is 0.260 e. The van der Waals surface area contributed by atoms with Crippen molar-refractivity contribution in [1.29, 1.82) is 5.26 Å². The Balaban J connectivity index is 1.55. The summed E-state index contributed by atoms with van der Waals surface area (Å²) in [5.41, 5.74) is 2.69. The average molecular weight is 350 g/mol. The van der Waals surface area contributed by atoms with Gasteiger partial charge in [-0.15, -0.1) is 0 Å². The first-order valence-electron chi connectivity index (χ1n) is 8.66. The van der Waals surface area contributed by atoms with Gasteiger partial charge in [0.15, 0.2) is 6.61 Å². The van der Waals surface area contributed by atoms with Crippen LogP contribution in [0.5, 0.6) is 5.75 Å². The zero-order chi connectivity index (χ0) is 18.5. The average Bonchev–Trinajstić information content (AvgIpc) is 2.68. The number of rotatable bonds is 4. The summed E-state index contributed by atoms with van der Waals surface area (Å²) in [6.45, 7) is 6.50. The number of pyridine rings is 1. The summed E-state index contributed by atoms with van der Waals surface area (Å²) in [6, 6.07) is 11.7. The number of anilines is 1. The van der Waals surface area contributed by atoms with Crippen LogP contribution in [-0.2, 0) is 4.79 Å². The van der Waals surface area contributed by atoms with E-state index in [0.717, 1.165) is 16.9 Å². The van der Waals surface area contributed by atoms with Crippen molar-refractivity contribution >= 4 is 11.7 Å². The van der Waals surface area contributed by atoms with Crippen LogP contribution < -0.4 is 9.64 Å². The molecule has 1 aliphatic heterocycles. The SMILES string of the molecule is Cc1ccc(C)c(OCC(=O)N2CCN(c3ncccc3C#N)CC2)c1. The molecule has 6 nitrogen and oxygen atoms in total. The highest BCUT2D eigenvalue weighted by Gasteiger charge is 2.23. The zero-order valence-corrected chi connectivity index (χ0v) is 15.1. The lowest BCUT2D eigenvalue weighted by molar-refractivity contribution is -0.133. The van der Waals surface area contributed by atoms with Crippen LogP contribution in [0, 0.1) is 25.2 Å². The highest BCUT2D eigenvalue weighted by molar-refractivity contribution is 5.78. The van der Waals surface area contributed by atoms with Gasteiger partial charge < -0.3 is 14.5 Å². The maximum absolute atomic E-state index is 12.4. The van der Waals surface area contributed by atoms with Crippen molar-refractivity contribution in [3.8, 4) is 11.8 Å². The van der Waals surface area contributed by atoms with Crippen LogP contribution in [0.3, 0.4) is 0 Å². The number of hydrogen-bond acceptors (Lipinski definition) is 5. The van der Waals surface area contributed by atoms with Crippen molar-refractivity contribution in [2.75, 3.05) is 37.7 Å². The number of benzene rings is 1. The summed E-state index contributed by atoms with van der Waals surface area (Å²) in [7, 11) is 0. The minimum Gasteiger partial charge on any atom is -0.483 e. The lowest BCUT2D eigenvalue weighted by atomic mass is 10.1. The van der Waals surface area contributed by atoms with Crippen molar-refractivity contribution in [2.24, 2.45) is 0 Å².